The molecule has 0 radical (unpaired) electrons. The summed E-state index contributed by atoms with van der Waals surface area (Å²) in [6.45, 7) is 2.58. The third kappa shape index (κ3) is 3.15. The first-order valence-corrected chi connectivity index (χ1v) is 7.61. The van der Waals surface area contributed by atoms with Crippen LogP contribution in [0.4, 0.5) is 0 Å². The Kier molecular flexibility index (Phi) is 4.16. The van der Waals surface area contributed by atoms with Crippen LogP contribution >= 0.6 is 11.6 Å². The molecule has 0 unspecified atom stereocenters. The van der Waals surface area contributed by atoms with E-state index >= 15 is 0 Å². The van der Waals surface area contributed by atoms with Crippen molar-refractivity contribution in [1.29, 1.82) is 0 Å². The number of amides is 1. The number of aromatic amines is 1. The van der Waals surface area contributed by atoms with E-state index in [9.17, 15) is 4.79 Å². The van der Waals surface area contributed by atoms with Crippen molar-refractivity contribution in [3.05, 3.63) is 70.4 Å². The Morgan fingerprint density at radius 3 is 2.91 bits per heavy atom. The molecule has 1 aromatic heterocycles. The summed E-state index contributed by atoms with van der Waals surface area (Å²) in [6, 6.07) is 13.4. The van der Waals surface area contributed by atoms with Crippen molar-refractivity contribution in [3.63, 3.8) is 0 Å². The maximum absolute atomic E-state index is 12.1. The molecule has 3 nitrogen and oxygen atoms in total. The number of H-pyrrole nitrogens is 1. The van der Waals surface area contributed by atoms with Gasteiger partial charge in [0, 0.05) is 34.2 Å². The lowest BCUT2D eigenvalue weighted by atomic mass is 10.1. The largest absolute Gasteiger partial charge is 0.361 e. The zero-order chi connectivity index (χ0) is 15.5. The second-order valence-electron chi connectivity index (χ2n) is 5.38. The molecule has 1 heterocycles. The minimum Gasteiger partial charge on any atom is -0.361 e. The highest BCUT2D eigenvalue weighted by atomic mass is 35.5. The number of hydrogen-bond acceptors (Lipinski definition) is 1. The fourth-order valence-corrected chi connectivity index (χ4v) is 2.74. The number of halogens is 1. The minimum atomic E-state index is -0.0356. The molecule has 0 aliphatic heterocycles. The molecule has 0 aliphatic rings. The van der Waals surface area contributed by atoms with Crippen molar-refractivity contribution < 1.29 is 4.79 Å². The van der Waals surface area contributed by atoms with E-state index in [1.165, 1.54) is 5.56 Å². The van der Waals surface area contributed by atoms with Crippen molar-refractivity contribution in [2.75, 3.05) is 6.54 Å². The average molecular weight is 313 g/mol. The summed E-state index contributed by atoms with van der Waals surface area (Å²) in [5.41, 5.74) is 3.98. The Balaban J connectivity index is 1.64. The van der Waals surface area contributed by atoms with Crippen LogP contribution in [0.25, 0.3) is 10.9 Å². The molecule has 112 valence electrons. The van der Waals surface area contributed by atoms with E-state index in [-0.39, 0.29) is 5.91 Å². The van der Waals surface area contributed by atoms with Crippen molar-refractivity contribution in [2.45, 2.75) is 13.3 Å². The predicted molar refractivity (Wildman–Crippen MR) is 90.5 cm³/mol. The lowest BCUT2D eigenvalue weighted by Gasteiger charge is -2.05. The molecule has 2 N–H and O–H groups in total. The highest BCUT2D eigenvalue weighted by Gasteiger charge is 2.07. The fraction of sp³-hybridized carbons (Fsp3) is 0.167. The van der Waals surface area contributed by atoms with Crippen molar-refractivity contribution >= 4 is 28.4 Å². The van der Waals surface area contributed by atoms with E-state index in [1.54, 1.807) is 0 Å². The van der Waals surface area contributed by atoms with Gasteiger partial charge in [-0.15, -0.1) is 0 Å². The third-order valence-corrected chi connectivity index (χ3v) is 3.92. The number of fused-ring (bicyclic) bond motifs is 1. The molecule has 4 heteroatoms. The first kappa shape index (κ1) is 14.7. The number of aryl methyl sites for hydroxylation is 1. The van der Waals surface area contributed by atoms with Gasteiger partial charge >= 0.3 is 0 Å². The van der Waals surface area contributed by atoms with Gasteiger partial charge in [0.1, 0.15) is 0 Å². The van der Waals surface area contributed by atoms with Gasteiger partial charge in [0.05, 0.1) is 0 Å². The number of aromatic nitrogens is 1. The Bertz CT molecular complexity index is 823. The lowest BCUT2D eigenvalue weighted by molar-refractivity contribution is 0.0954. The molecular formula is C18H17ClN2O. The van der Waals surface area contributed by atoms with Crippen LogP contribution in [-0.2, 0) is 6.42 Å². The number of carbonyl (C=O) groups is 1. The van der Waals surface area contributed by atoms with E-state index in [4.69, 9.17) is 11.6 Å². The van der Waals surface area contributed by atoms with Crippen LogP contribution in [0.2, 0.25) is 5.02 Å². The maximum Gasteiger partial charge on any atom is 0.251 e. The van der Waals surface area contributed by atoms with Gasteiger partial charge in [-0.3, -0.25) is 4.79 Å². The van der Waals surface area contributed by atoms with Crippen LogP contribution in [0.1, 0.15) is 21.5 Å². The van der Waals surface area contributed by atoms with Crippen molar-refractivity contribution in [3.8, 4) is 0 Å². The molecule has 22 heavy (non-hydrogen) atoms. The molecule has 0 fully saturated rings. The van der Waals surface area contributed by atoms with Gasteiger partial charge in [-0.1, -0.05) is 35.4 Å². The fourth-order valence-electron chi connectivity index (χ4n) is 2.56. The molecular weight excluding hydrogens is 296 g/mol. The van der Waals surface area contributed by atoms with Crippen LogP contribution in [0, 0.1) is 6.92 Å². The maximum atomic E-state index is 12.1. The lowest BCUT2D eigenvalue weighted by Crippen LogP contribution is -2.25. The summed E-state index contributed by atoms with van der Waals surface area (Å²) in [4.78, 5) is 15.3. The zero-order valence-corrected chi connectivity index (χ0v) is 13.1. The SMILES string of the molecule is Cc1cccc(C(=O)NCCc2c[nH]c3cc(Cl)ccc23)c1. The Labute approximate surface area is 134 Å². The summed E-state index contributed by atoms with van der Waals surface area (Å²) in [5, 5.41) is 4.83. The summed E-state index contributed by atoms with van der Waals surface area (Å²) >= 11 is 5.98. The summed E-state index contributed by atoms with van der Waals surface area (Å²) in [7, 11) is 0. The number of hydrogen-bond donors (Lipinski definition) is 2. The van der Waals surface area contributed by atoms with E-state index < -0.39 is 0 Å². The van der Waals surface area contributed by atoms with Gasteiger partial charge in [0.2, 0.25) is 0 Å². The zero-order valence-electron chi connectivity index (χ0n) is 12.3. The first-order valence-electron chi connectivity index (χ1n) is 7.24. The monoisotopic (exact) mass is 312 g/mol. The average Bonchev–Trinajstić information content (AvgIpc) is 2.89. The number of rotatable bonds is 4. The van der Waals surface area contributed by atoms with Crippen LogP contribution in [0.5, 0.6) is 0 Å². The highest BCUT2D eigenvalue weighted by Crippen LogP contribution is 2.22. The number of benzene rings is 2. The molecule has 0 bridgehead atoms. The number of carbonyl (C=O) groups excluding carboxylic acids is 1. The standard InChI is InChI=1S/C18H17ClN2O/c1-12-3-2-4-13(9-12)18(22)20-8-7-14-11-21-17-10-15(19)5-6-16(14)17/h2-6,9-11,21H,7-8H2,1H3,(H,20,22). The summed E-state index contributed by atoms with van der Waals surface area (Å²) in [6.07, 6.45) is 2.75. The normalized spacial score (nSPS) is 10.8. The molecule has 1 amide bonds. The van der Waals surface area contributed by atoms with Gasteiger partial charge in [-0.05, 0) is 43.2 Å². The molecule has 3 aromatic rings. The van der Waals surface area contributed by atoms with E-state index in [0.717, 1.165) is 22.9 Å². The van der Waals surface area contributed by atoms with E-state index in [2.05, 4.69) is 10.3 Å². The highest BCUT2D eigenvalue weighted by molar-refractivity contribution is 6.31. The summed E-state index contributed by atoms with van der Waals surface area (Å²) < 4.78 is 0. The molecule has 0 aliphatic carbocycles. The Morgan fingerprint density at radius 2 is 2.09 bits per heavy atom. The van der Waals surface area contributed by atoms with Gasteiger partial charge < -0.3 is 10.3 Å². The molecule has 0 atom stereocenters. The smallest absolute Gasteiger partial charge is 0.251 e. The van der Waals surface area contributed by atoms with E-state index in [0.29, 0.717) is 17.1 Å². The van der Waals surface area contributed by atoms with Crippen LogP contribution in [0.3, 0.4) is 0 Å². The predicted octanol–water partition coefficient (Wildman–Crippen LogP) is 4.10. The van der Waals surface area contributed by atoms with Gasteiger partial charge in [0.25, 0.3) is 5.91 Å². The van der Waals surface area contributed by atoms with Crippen molar-refractivity contribution in [1.82, 2.24) is 10.3 Å². The van der Waals surface area contributed by atoms with Gasteiger partial charge in [0.15, 0.2) is 0 Å². The van der Waals surface area contributed by atoms with E-state index in [1.807, 2.05) is 55.6 Å². The topological polar surface area (TPSA) is 44.9 Å². The molecule has 0 spiro atoms. The number of nitrogens with one attached hydrogen (secondary N) is 2. The van der Waals surface area contributed by atoms with Crippen LogP contribution in [0.15, 0.2) is 48.7 Å². The van der Waals surface area contributed by atoms with Crippen LogP contribution in [-0.4, -0.2) is 17.4 Å². The van der Waals surface area contributed by atoms with Crippen molar-refractivity contribution in [2.24, 2.45) is 0 Å². The minimum absolute atomic E-state index is 0.0356. The van der Waals surface area contributed by atoms with Gasteiger partial charge in [-0.25, -0.2) is 0 Å². The Hall–Kier alpha value is -2.26. The van der Waals surface area contributed by atoms with Crippen LogP contribution < -0.4 is 5.32 Å². The first-order chi connectivity index (χ1) is 10.6. The molecule has 0 saturated carbocycles. The Morgan fingerprint density at radius 1 is 1.23 bits per heavy atom. The third-order valence-electron chi connectivity index (χ3n) is 3.69. The second kappa shape index (κ2) is 6.24. The second-order valence-corrected chi connectivity index (χ2v) is 5.82. The molecule has 0 saturated heterocycles. The molecule has 3 rings (SSSR count). The molecule has 2 aromatic carbocycles. The summed E-state index contributed by atoms with van der Waals surface area (Å²) in [5.74, 6) is -0.0356. The van der Waals surface area contributed by atoms with Gasteiger partial charge in [-0.2, -0.15) is 0 Å². The quantitative estimate of drug-likeness (QED) is 0.748.